The van der Waals surface area contributed by atoms with Gasteiger partial charge < -0.3 is 10.2 Å². The van der Waals surface area contributed by atoms with Gasteiger partial charge in [0.15, 0.2) is 0 Å². The highest BCUT2D eigenvalue weighted by Gasteiger charge is 2.33. The van der Waals surface area contributed by atoms with E-state index in [2.05, 4.69) is 17.2 Å². The maximum Gasteiger partial charge on any atom is 0.254 e. The quantitative estimate of drug-likeness (QED) is 0.945. The molecule has 1 saturated heterocycles. The molecule has 5 heteroatoms. The largest absolute Gasteiger partial charge is 0.356 e. The van der Waals surface area contributed by atoms with Gasteiger partial charge in [0.1, 0.15) is 0 Å². The van der Waals surface area contributed by atoms with Crippen LogP contribution in [0.1, 0.15) is 30.6 Å². The van der Waals surface area contributed by atoms with Gasteiger partial charge in [-0.25, -0.2) is 0 Å². The fourth-order valence-corrected chi connectivity index (χ4v) is 3.31. The second-order valence-corrected chi connectivity index (χ2v) is 6.22. The van der Waals surface area contributed by atoms with Gasteiger partial charge in [0, 0.05) is 43.2 Å². The third-order valence-electron chi connectivity index (χ3n) is 4.44. The lowest BCUT2D eigenvalue weighted by molar-refractivity contribution is -0.119. The highest BCUT2D eigenvalue weighted by molar-refractivity contribution is 6.06. The van der Waals surface area contributed by atoms with Gasteiger partial charge in [-0.05, 0) is 37.5 Å². The van der Waals surface area contributed by atoms with Crippen LogP contribution in [-0.2, 0) is 4.79 Å². The maximum absolute atomic E-state index is 13.0. The highest BCUT2D eigenvalue weighted by Crippen LogP contribution is 2.26. The van der Waals surface area contributed by atoms with Crippen molar-refractivity contribution >= 4 is 22.7 Å². The van der Waals surface area contributed by atoms with Crippen LogP contribution in [0.3, 0.4) is 0 Å². The van der Waals surface area contributed by atoms with E-state index in [-0.39, 0.29) is 17.9 Å². The molecule has 0 spiro atoms. The summed E-state index contributed by atoms with van der Waals surface area (Å²) in [5.74, 6) is 0.329. The fraction of sp³-hybridized carbons (Fsp3) is 0.389. The minimum Gasteiger partial charge on any atom is -0.356 e. The van der Waals surface area contributed by atoms with Gasteiger partial charge in [-0.2, -0.15) is 0 Å². The normalized spacial score (nSPS) is 20.7. The van der Waals surface area contributed by atoms with E-state index >= 15 is 0 Å². The van der Waals surface area contributed by atoms with Crippen LogP contribution >= 0.6 is 0 Å². The summed E-state index contributed by atoms with van der Waals surface area (Å²) < 4.78 is 0. The topological polar surface area (TPSA) is 62.3 Å². The van der Waals surface area contributed by atoms with Gasteiger partial charge in [-0.15, -0.1) is 0 Å². The standard InChI is InChI=1S/C18H21N3O2/c1-12-9-14(10-20-13(2)22)11-21(12)18(23)16-5-3-7-17-15(16)6-4-8-19-17/h3-8,12,14H,9-11H2,1-2H3,(H,20,22). The molecule has 23 heavy (non-hydrogen) atoms. The van der Waals surface area contributed by atoms with Crippen LogP contribution in [0.2, 0.25) is 0 Å². The van der Waals surface area contributed by atoms with E-state index in [1.165, 1.54) is 6.92 Å². The Hall–Kier alpha value is -2.43. The summed E-state index contributed by atoms with van der Waals surface area (Å²) in [5.41, 5.74) is 1.53. The molecule has 2 atom stereocenters. The lowest BCUT2D eigenvalue weighted by atomic mass is 10.1. The molecule has 0 aliphatic carbocycles. The number of fused-ring (bicyclic) bond motifs is 1. The van der Waals surface area contributed by atoms with Gasteiger partial charge in [0.2, 0.25) is 5.91 Å². The molecule has 0 saturated carbocycles. The second kappa shape index (κ2) is 6.36. The summed E-state index contributed by atoms with van der Waals surface area (Å²) in [6.07, 6.45) is 2.65. The summed E-state index contributed by atoms with van der Waals surface area (Å²) in [4.78, 5) is 30.3. The molecule has 1 fully saturated rings. The number of nitrogens with zero attached hydrogens (tertiary/aromatic N) is 2. The van der Waals surface area contributed by atoms with Crippen molar-refractivity contribution in [3.05, 3.63) is 42.1 Å². The summed E-state index contributed by atoms with van der Waals surface area (Å²) >= 11 is 0. The van der Waals surface area contributed by atoms with E-state index in [1.54, 1.807) is 6.20 Å². The highest BCUT2D eigenvalue weighted by atomic mass is 16.2. The van der Waals surface area contributed by atoms with Gasteiger partial charge in [-0.1, -0.05) is 12.1 Å². The molecule has 3 rings (SSSR count). The Balaban J connectivity index is 1.81. The Bertz CT molecular complexity index is 739. The lowest BCUT2D eigenvalue weighted by Gasteiger charge is -2.22. The zero-order valence-corrected chi connectivity index (χ0v) is 13.5. The van der Waals surface area contributed by atoms with Crippen LogP contribution in [0.4, 0.5) is 0 Å². The van der Waals surface area contributed by atoms with E-state index in [0.717, 1.165) is 17.3 Å². The zero-order valence-electron chi connectivity index (χ0n) is 13.5. The third-order valence-corrected chi connectivity index (χ3v) is 4.44. The fourth-order valence-electron chi connectivity index (χ4n) is 3.31. The monoisotopic (exact) mass is 311 g/mol. The molecule has 1 aromatic heterocycles. The van der Waals surface area contributed by atoms with Crippen molar-refractivity contribution in [3.8, 4) is 0 Å². The summed E-state index contributed by atoms with van der Waals surface area (Å²) in [7, 11) is 0. The molecule has 2 heterocycles. The van der Waals surface area contributed by atoms with Crippen molar-refractivity contribution in [1.82, 2.24) is 15.2 Å². The van der Waals surface area contributed by atoms with Gasteiger partial charge in [0.25, 0.3) is 5.91 Å². The van der Waals surface area contributed by atoms with Crippen LogP contribution in [0.5, 0.6) is 0 Å². The number of benzene rings is 1. The molecule has 1 aliphatic heterocycles. The Morgan fingerprint density at radius 2 is 2.13 bits per heavy atom. The molecule has 2 unspecified atom stereocenters. The number of carbonyl (C=O) groups is 2. The number of pyridine rings is 1. The molecule has 1 aromatic carbocycles. The number of likely N-dealkylation sites (tertiary alicyclic amines) is 1. The van der Waals surface area contributed by atoms with Crippen LogP contribution < -0.4 is 5.32 Å². The van der Waals surface area contributed by atoms with Crippen LogP contribution in [0, 0.1) is 5.92 Å². The first-order chi connectivity index (χ1) is 11.1. The molecule has 1 aliphatic rings. The molecular formula is C18H21N3O2. The SMILES string of the molecule is CC(=O)NCC1CC(C)N(C(=O)c2cccc3ncccc23)C1. The number of hydrogen-bond acceptors (Lipinski definition) is 3. The smallest absolute Gasteiger partial charge is 0.254 e. The van der Waals surface area contributed by atoms with Crippen LogP contribution in [-0.4, -0.2) is 40.8 Å². The number of rotatable bonds is 3. The number of carbonyl (C=O) groups excluding carboxylic acids is 2. The van der Waals surface area contributed by atoms with Gasteiger partial charge in [0.05, 0.1) is 5.52 Å². The molecule has 2 aromatic rings. The van der Waals surface area contributed by atoms with Gasteiger partial charge >= 0.3 is 0 Å². The first kappa shape index (κ1) is 15.5. The Morgan fingerprint density at radius 3 is 2.91 bits per heavy atom. The summed E-state index contributed by atoms with van der Waals surface area (Å²) in [5, 5.41) is 3.74. The van der Waals surface area contributed by atoms with Crippen molar-refractivity contribution in [2.24, 2.45) is 5.92 Å². The second-order valence-electron chi connectivity index (χ2n) is 6.22. The van der Waals surface area contributed by atoms with Crippen molar-refractivity contribution in [1.29, 1.82) is 0 Å². The minimum atomic E-state index is -0.0254. The first-order valence-electron chi connectivity index (χ1n) is 7.95. The third kappa shape index (κ3) is 3.18. The van der Waals surface area contributed by atoms with Crippen molar-refractivity contribution in [2.75, 3.05) is 13.1 Å². The van der Waals surface area contributed by atoms with E-state index in [9.17, 15) is 9.59 Å². The van der Waals surface area contributed by atoms with E-state index < -0.39 is 0 Å². The maximum atomic E-state index is 13.0. The zero-order chi connectivity index (χ0) is 16.4. The average molecular weight is 311 g/mol. The Kier molecular flexibility index (Phi) is 4.28. The number of nitrogens with one attached hydrogen (secondary N) is 1. The number of aromatic nitrogens is 1. The van der Waals surface area contributed by atoms with Crippen molar-refractivity contribution < 1.29 is 9.59 Å². The lowest BCUT2D eigenvalue weighted by Crippen LogP contribution is -2.35. The van der Waals surface area contributed by atoms with Gasteiger partial charge in [-0.3, -0.25) is 14.6 Å². The molecule has 0 bridgehead atoms. The number of amides is 2. The predicted octanol–water partition coefficient (Wildman–Crippen LogP) is 2.22. The van der Waals surface area contributed by atoms with Crippen molar-refractivity contribution in [2.45, 2.75) is 26.3 Å². The van der Waals surface area contributed by atoms with E-state index in [4.69, 9.17) is 0 Å². The molecule has 2 amide bonds. The minimum absolute atomic E-state index is 0.0254. The molecule has 0 radical (unpaired) electrons. The molecule has 120 valence electrons. The predicted molar refractivity (Wildman–Crippen MR) is 89.0 cm³/mol. The molecule has 5 nitrogen and oxygen atoms in total. The van der Waals surface area contributed by atoms with Crippen LogP contribution in [0.15, 0.2) is 36.5 Å². The van der Waals surface area contributed by atoms with E-state index in [0.29, 0.717) is 24.6 Å². The Labute approximate surface area is 135 Å². The van der Waals surface area contributed by atoms with Crippen molar-refractivity contribution in [3.63, 3.8) is 0 Å². The van der Waals surface area contributed by atoms with Crippen LogP contribution in [0.25, 0.3) is 10.9 Å². The Morgan fingerprint density at radius 1 is 1.30 bits per heavy atom. The van der Waals surface area contributed by atoms with E-state index in [1.807, 2.05) is 35.2 Å². The molecular weight excluding hydrogens is 290 g/mol. The summed E-state index contributed by atoms with van der Waals surface area (Å²) in [6.45, 7) is 4.89. The first-order valence-corrected chi connectivity index (χ1v) is 7.95. The average Bonchev–Trinajstić information content (AvgIpc) is 2.92. The molecule has 1 N–H and O–H groups in total. The number of hydrogen-bond donors (Lipinski definition) is 1. The summed E-state index contributed by atoms with van der Waals surface area (Å²) in [6, 6.07) is 9.61.